The molecule has 1 spiro atoms. The third-order valence-corrected chi connectivity index (χ3v) is 9.04. The number of benzene rings is 1. The molecule has 5 rings (SSSR count). The lowest BCUT2D eigenvalue weighted by Gasteiger charge is -2.44. The first kappa shape index (κ1) is 30.5. The largest absolute Gasteiger partial charge is 0.459 e. The van der Waals surface area contributed by atoms with E-state index < -0.39 is 11.8 Å². The fourth-order valence-corrected chi connectivity index (χ4v) is 6.86. The molecule has 0 radical (unpaired) electrons. The van der Waals surface area contributed by atoms with E-state index >= 15 is 0 Å². The Hall–Kier alpha value is -2.96. The zero-order valence-electron chi connectivity index (χ0n) is 24.1. The predicted molar refractivity (Wildman–Crippen MR) is 159 cm³/mol. The Balaban J connectivity index is 1.28. The molecule has 2 saturated heterocycles. The number of carbonyl (C=O) groups is 2. The molecule has 1 aromatic heterocycles. The average Bonchev–Trinajstić information content (AvgIpc) is 3.66. The summed E-state index contributed by atoms with van der Waals surface area (Å²) < 4.78 is 23.4. The Morgan fingerprint density at radius 2 is 1.88 bits per heavy atom. The summed E-state index contributed by atoms with van der Waals surface area (Å²) >= 11 is 1.62. The van der Waals surface area contributed by atoms with E-state index in [1.54, 1.807) is 16.2 Å². The molecule has 2 aromatic rings. The highest BCUT2D eigenvalue weighted by atomic mass is 32.1. The number of aliphatic hydroxyl groups is 1. The Morgan fingerprint density at radius 3 is 2.57 bits per heavy atom. The van der Waals surface area contributed by atoms with Gasteiger partial charge in [0.15, 0.2) is 5.76 Å². The van der Waals surface area contributed by atoms with Gasteiger partial charge in [-0.1, -0.05) is 18.2 Å². The van der Waals surface area contributed by atoms with Crippen molar-refractivity contribution in [1.29, 1.82) is 0 Å². The molecule has 1 aromatic carbocycles. The number of aliphatic hydroxyl groups excluding tert-OH is 1. The van der Waals surface area contributed by atoms with E-state index in [9.17, 15) is 9.59 Å². The van der Waals surface area contributed by atoms with E-state index in [4.69, 9.17) is 24.1 Å². The molecule has 228 valence electrons. The van der Waals surface area contributed by atoms with Gasteiger partial charge in [-0.05, 0) is 66.8 Å². The lowest BCUT2D eigenvalue weighted by molar-refractivity contribution is -0.172. The van der Waals surface area contributed by atoms with Crippen LogP contribution in [0.4, 0.5) is 5.69 Å². The van der Waals surface area contributed by atoms with Gasteiger partial charge >= 0.3 is 0 Å². The maximum Gasteiger partial charge on any atom is 0.288 e. The Bertz CT molecular complexity index is 1180. The molecule has 42 heavy (non-hydrogen) atoms. The molecule has 0 saturated carbocycles. The third kappa shape index (κ3) is 6.65. The second-order valence-corrected chi connectivity index (χ2v) is 11.5. The van der Waals surface area contributed by atoms with Gasteiger partial charge in [0, 0.05) is 43.8 Å². The van der Waals surface area contributed by atoms with Crippen LogP contribution in [0.2, 0.25) is 0 Å². The number of allylic oxidation sites excluding steroid dienone is 1. The SMILES string of the molecule is CCO[C@H]1OC(C(=O)N2CCC3(CC2)C(=O)NCN3c2ccccc2)=C[C@@H](c2ccsc2)[C@H]1CCOCCOCCO. The van der Waals surface area contributed by atoms with E-state index in [0.29, 0.717) is 77.8 Å². The first-order chi connectivity index (χ1) is 20.6. The van der Waals surface area contributed by atoms with Crippen LogP contribution in [-0.2, 0) is 28.5 Å². The zero-order valence-corrected chi connectivity index (χ0v) is 24.9. The summed E-state index contributed by atoms with van der Waals surface area (Å²) in [5.74, 6) is 0.0347. The molecule has 3 atom stereocenters. The summed E-state index contributed by atoms with van der Waals surface area (Å²) in [6.07, 6.45) is 3.11. The van der Waals surface area contributed by atoms with Crippen molar-refractivity contribution in [3.8, 4) is 0 Å². The smallest absolute Gasteiger partial charge is 0.288 e. The van der Waals surface area contributed by atoms with Crippen LogP contribution in [-0.4, -0.2) is 93.0 Å². The Morgan fingerprint density at radius 1 is 1.12 bits per heavy atom. The number of hydrogen-bond donors (Lipinski definition) is 2. The number of amides is 2. The molecule has 3 aliphatic heterocycles. The van der Waals surface area contributed by atoms with Crippen molar-refractivity contribution >= 4 is 28.8 Å². The second kappa shape index (κ2) is 14.5. The minimum Gasteiger partial charge on any atom is -0.459 e. The number of ether oxygens (including phenoxy) is 4. The number of para-hydroxylation sites is 1. The van der Waals surface area contributed by atoms with Crippen molar-refractivity contribution < 1.29 is 33.6 Å². The van der Waals surface area contributed by atoms with Crippen molar-refractivity contribution in [2.75, 3.05) is 64.3 Å². The maximum atomic E-state index is 13.9. The predicted octanol–water partition coefficient (Wildman–Crippen LogP) is 3.10. The van der Waals surface area contributed by atoms with Gasteiger partial charge in [0.25, 0.3) is 5.91 Å². The third-order valence-electron chi connectivity index (χ3n) is 8.34. The lowest BCUT2D eigenvalue weighted by atomic mass is 9.82. The number of thiophene rings is 1. The number of carbonyl (C=O) groups excluding carboxylic acids is 2. The topological polar surface area (TPSA) is 110 Å². The standard InChI is InChI=1S/C31H41N3O7S/c1-2-40-29-25(8-15-38-17-18-39-16-14-35)26(23-9-19-42-21-23)20-27(41-29)28(36)33-12-10-31(11-13-33)30(37)32-22-34(31)24-6-4-3-5-7-24/h3-7,9,19-21,25-26,29,35H,2,8,10-18,22H2,1H3,(H,32,37)/t25-,26+,29+/m1/s1. The summed E-state index contributed by atoms with van der Waals surface area (Å²) in [5, 5.41) is 16.0. The molecule has 10 nitrogen and oxygen atoms in total. The van der Waals surface area contributed by atoms with Crippen LogP contribution < -0.4 is 10.2 Å². The number of nitrogens with zero attached hydrogens (tertiary/aromatic N) is 2. The van der Waals surface area contributed by atoms with E-state index in [-0.39, 0.29) is 30.3 Å². The molecule has 2 N–H and O–H groups in total. The molecule has 4 heterocycles. The molecular formula is C31H41N3O7S. The number of anilines is 1. The lowest BCUT2D eigenvalue weighted by Crippen LogP contribution is -2.57. The van der Waals surface area contributed by atoms with E-state index in [2.05, 4.69) is 21.7 Å². The fourth-order valence-electron chi connectivity index (χ4n) is 6.15. The number of piperidine rings is 1. The molecule has 3 aliphatic rings. The Labute approximate surface area is 251 Å². The minimum absolute atomic E-state index is 0.00900. The fraction of sp³-hybridized carbons (Fsp3) is 0.548. The first-order valence-electron chi connectivity index (χ1n) is 14.8. The highest BCUT2D eigenvalue weighted by Gasteiger charge is 2.51. The van der Waals surface area contributed by atoms with Gasteiger partial charge < -0.3 is 39.2 Å². The summed E-state index contributed by atoms with van der Waals surface area (Å²) in [6, 6.07) is 12.0. The van der Waals surface area contributed by atoms with Gasteiger partial charge in [-0.15, -0.1) is 0 Å². The summed E-state index contributed by atoms with van der Waals surface area (Å²) in [4.78, 5) is 30.9. The molecular weight excluding hydrogens is 558 g/mol. The van der Waals surface area contributed by atoms with Gasteiger partial charge in [-0.3, -0.25) is 9.59 Å². The van der Waals surface area contributed by atoms with E-state index in [0.717, 1.165) is 11.3 Å². The van der Waals surface area contributed by atoms with Gasteiger partial charge in [0.2, 0.25) is 12.2 Å². The van der Waals surface area contributed by atoms with Crippen molar-refractivity contribution in [1.82, 2.24) is 10.2 Å². The van der Waals surface area contributed by atoms with Crippen LogP contribution in [0, 0.1) is 5.92 Å². The van der Waals surface area contributed by atoms with Crippen LogP contribution in [0.15, 0.2) is 59.0 Å². The van der Waals surface area contributed by atoms with Gasteiger partial charge in [-0.25, -0.2) is 0 Å². The van der Waals surface area contributed by atoms with Crippen molar-refractivity contribution in [2.45, 2.75) is 43.9 Å². The number of likely N-dealkylation sites (tertiary alicyclic amines) is 1. The highest BCUT2D eigenvalue weighted by Crippen LogP contribution is 2.41. The zero-order chi connectivity index (χ0) is 29.4. The average molecular weight is 600 g/mol. The summed E-state index contributed by atoms with van der Waals surface area (Å²) in [6.45, 7) is 5.38. The van der Waals surface area contributed by atoms with Crippen LogP contribution in [0.5, 0.6) is 0 Å². The summed E-state index contributed by atoms with van der Waals surface area (Å²) in [7, 11) is 0. The Kier molecular flexibility index (Phi) is 10.5. The van der Waals surface area contributed by atoms with Crippen LogP contribution in [0.1, 0.15) is 37.7 Å². The van der Waals surface area contributed by atoms with Crippen molar-refractivity contribution in [2.24, 2.45) is 5.92 Å². The van der Waals surface area contributed by atoms with Crippen LogP contribution in [0.3, 0.4) is 0 Å². The normalized spacial score (nSPS) is 23.5. The van der Waals surface area contributed by atoms with Crippen molar-refractivity contribution in [3.05, 3.63) is 64.6 Å². The quantitative estimate of drug-likeness (QED) is 0.338. The highest BCUT2D eigenvalue weighted by molar-refractivity contribution is 7.08. The van der Waals surface area contributed by atoms with Crippen LogP contribution >= 0.6 is 11.3 Å². The molecule has 11 heteroatoms. The molecule has 2 amide bonds. The van der Waals surface area contributed by atoms with Gasteiger partial charge in [0.1, 0.15) is 5.54 Å². The molecule has 0 bridgehead atoms. The minimum atomic E-state index is -0.665. The van der Waals surface area contributed by atoms with E-state index in [1.807, 2.05) is 48.7 Å². The number of nitrogens with one attached hydrogen (secondary N) is 1. The first-order valence-corrected chi connectivity index (χ1v) is 15.7. The van der Waals surface area contributed by atoms with Gasteiger partial charge in [-0.2, -0.15) is 11.3 Å². The second-order valence-electron chi connectivity index (χ2n) is 10.7. The van der Waals surface area contributed by atoms with Gasteiger partial charge in [0.05, 0.1) is 33.1 Å². The molecule has 0 aliphatic carbocycles. The van der Waals surface area contributed by atoms with Crippen LogP contribution in [0.25, 0.3) is 0 Å². The monoisotopic (exact) mass is 599 g/mol. The maximum absolute atomic E-state index is 13.9. The number of rotatable bonds is 13. The van der Waals surface area contributed by atoms with E-state index in [1.165, 1.54) is 0 Å². The summed E-state index contributed by atoms with van der Waals surface area (Å²) in [5.41, 5.74) is 1.45. The number of hydrogen-bond acceptors (Lipinski definition) is 9. The molecule has 2 fully saturated rings. The van der Waals surface area contributed by atoms with Crippen molar-refractivity contribution in [3.63, 3.8) is 0 Å². The molecule has 0 unspecified atom stereocenters.